The molecule has 0 atom stereocenters. The number of hydrogen-bond acceptors (Lipinski definition) is 4. The normalized spacial score (nSPS) is 10.5. The molecule has 0 radical (unpaired) electrons. The van der Waals surface area contributed by atoms with E-state index in [1.165, 1.54) is 24.0 Å². The number of rotatable bonds is 3. The van der Waals surface area contributed by atoms with Gasteiger partial charge in [0.25, 0.3) is 0 Å². The largest absolute Gasteiger partial charge is 0.465 e. The van der Waals surface area contributed by atoms with E-state index in [-0.39, 0.29) is 5.97 Å². The quantitative estimate of drug-likeness (QED) is 0.572. The Bertz CT molecular complexity index is 620. The lowest BCUT2D eigenvalue weighted by Crippen LogP contribution is -1.96. The van der Waals surface area contributed by atoms with Gasteiger partial charge in [0.1, 0.15) is 4.88 Å². The number of thioether (sulfide) groups is 1. The first-order valence-corrected chi connectivity index (χ1v) is 8.43. The second-order valence-electron chi connectivity index (χ2n) is 3.92. The van der Waals surface area contributed by atoms with Gasteiger partial charge in [-0.3, -0.25) is 0 Å². The van der Waals surface area contributed by atoms with E-state index in [4.69, 9.17) is 4.74 Å². The Labute approximate surface area is 129 Å². The highest BCUT2D eigenvalue weighted by molar-refractivity contribution is 9.10. The Morgan fingerprint density at radius 3 is 2.74 bits per heavy atom. The van der Waals surface area contributed by atoms with Crippen LogP contribution in [0.4, 0.5) is 0 Å². The van der Waals surface area contributed by atoms with Gasteiger partial charge in [-0.1, -0.05) is 28.1 Å². The lowest BCUT2D eigenvalue weighted by molar-refractivity contribution is 0.0606. The summed E-state index contributed by atoms with van der Waals surface area (Å²) in [6.07, 6.45) is 2.02. The first kappa shape index (κ1) is 14.6. The van der Waals surface area contributed by atoms with Crippen molar-refractivity contribution in [2.45, 2.75) is 11.1 Å². The predicted octanol–water partition coefficient (Wildman–Crippen LogP) is 4.99. The van der Waals surface area contributed by atoms with Crippen LogP contribution in [0.15, 0.2) is 32.9 Å². The Morgan fingerprint density at radius 1 is 1.37 bits per heavy atom. The molecule has 2 aromatic rings. The first-order chi connectivity index (χ1) is 9.08. The van der Waals surface area contributed by atoms with Gasteiger partial charge in [0.15, 0.2) is 0 Å². The fraction of sp³-hybridized carbons (Fsp3) is 0.214. The number of carbonyl (C=O) groups is 1. The number of hydrogen-bond donors (Lipinski definition) is 0. The van der Waals surface area contributed by atoms with Crippen LogP contribution in [-0.2, 0) is 4.74 Å². The molecule has 0 unspecified atom stereocenters. The third kappa shape index (κ3) is 2.88. The molecule has 1 aromatic heterocycles. The molecule has 0 amide bonds. The molecule has 100 valence electrons. The Hall–Kier alpha value is -0.780. The van der Waals surface area contributed by atoms with Gasteiger partial charge in [-0.2, -0.15) is 0 Å². The summed E-state index contributed by atoms with van der Waals surface area (Å²) in [4.78, 5) is 12.3. The topological polar surface area (TPSA) is 26.3 Å². The third-order valence-corrected chi connectivity index (χ3v) is 5.94. The van der Waals surface area contributed by atoms with E-state index in [0.717, 1.165) is 19.8 Å². The van der Waals surface area contributed by atoms with Crippen molar-refractivity contribution in [2.24, 2.45) is 0 Å². The van der Waals surface area contributed by atoms with Crippen molar-refractivity contribution in [1.82, 2.24) is 0 Å². The summed E-state index contributed by atoms with van der Waals surface area (Å²) in [7, 11) is 1.41. The minimum absolute atomic E-state index is 0.279. The first-order valence-electron chi connectivity index (χ1n) is 5.60. The molecule has 0 saturated carbocycles. The zero-order valence-corrected chi connectivity index (χ0v) is 14.0. The number of methoxy groups -OCH3 is 1. The van der Waals surface area contributed by atoms with Crippen LogP contribution < -0.4 is 0 Å². The van der Waals surface area contributed by atoms with E-state index in [9.17, 15) is 4.79 Å². The molecule has 0 aliphatic rings. The fourth-order valence-corrected chi connectivity index (χ4v) is 3.99. The number of esters is 1. The minimum Gasteiger partial charge on any atom is -0.465 e. The summed E-state index contributed by atoms with van der Waals surface area (Å²) in [6, 6.07) is 8.01. The summed E-state index contributed by atoms with van der Waals surface area (Å²) >= 11 is 6.67. The van der Waals surface area contributed by atoms with Crippen LogP contribution in [0, 0.1) is 6.92 Å². The predicted molar refractivity (Wildman–Crippen MR) is 85.3 cm³/mol. The summed E-state index contributed by atoms with van der Waals surface area (Å²) in [5.41, 5.74) is 3.41. The van der Waals surface area contributed by atoms with Crippen LogP contribution >= 0.6 is 39.0 Å². The van der Waals surface area contributed by atoms with Gasteiger partial charge in [-0.25, -0.2) is 4.79 Å². The van der Waals surface area contributed by atoms with Gasteiger partial charge < -0.3 is 4.74 Å². The maximum absolute atomic E-state index is 11.6. The van der Waals surface area contributed by atoms with Crippen molar-refractivity contribution in [3.63, 3.8) is 0 Å². The summed E-state index contributed by atoms with van der Waals surface area (Å²) in [6.45, 7) is 2.07. The van der Waals surface area contributed by atoms with Crippen molar-refractivity contribution < 1.29 is 9.53 Å². The molecule has 0 spiro atoms. The number of benzene rings is 1. The molecule has 0 N–H and O–H groups in total. The van der Waals surface area contributed by atoms with Crippen molar-refractivity contribution in [3.05, 3.63) is 39.2 Å². The molecule has 1 heterocycles. The second-order valence-corrected chi connectivity index (χ2v) is 6.90. The molecular weight excluding hydrogens is 344 g/mol. The number of ether oxygens (including phenoxy) is 1. The Balaban J connectivity index is 2.58. The van der Waals surface area contributed by atoms with Gasteiger partial charge >= 0.3 is 5.97 Å². The van der Waals surface area contributed by atoms with Gasteiger partial charge in [0.2, 0.25) is 0 Å². The Kier molecular flexibility index (Phi) is 4.71. The summed E-state index contributed by atoms with van der Waals surface area (Å²) in [5, 5.41) is 0. The summed E-state index contributed by atoms with van der Waals surface area (Å²) < 4.78 is 6.99. The van der Waals surface area contributed by atoms with Crippen molar-refractivity contribution in [3.8, 4) is 11.1 Å². The lowest BCUT2D eigenvalue weighted by Gasteiger charge is -2.07. The van der Waals surface area contributed by atoms with Gasteiger partial charge in [0, 0.05) is 10.0 Å². The maximum atomic E-state index is 11.6. The average Bonchev–Trinajstić information content (AvgIpc) is 2.85. The smallest absolute Gasteiger partial charge is 0.348 e. The monoisotopic (exact) mass is 356 g/mol. The van der Waals surface area contributed by atoms with Crippen LogP contribution in [0.1, 0.15) is 15.2 Å². The van der Waals surface area contributed by atoms with E-state index in [2.05, 4.69) is 28.9 Å². The molecule has 1 aromatic carbocycles. The molecule has 0 saturated heterocycles. The average molecular weight is 357 g/mol. The molecule has 5 heteroatoms. The SMILES string of the molecule is COC(=O)c1cc(-c2cccc(Br)c2C)c(SC)s1. The van der Waals surface area contributed by atoms with Crippen LogP contribution in [0.5, 0.6) is 0 Å². The third-order valence-electron chi connectivity index (χ3n) is 2.83. The highest BCUT2D eigenvalue weighted by Crippen LogP contribution is 2.40. The molecule has 0 aliphatic carbocycles. The number of carbonyl (C=O) groups excluding carboxylic acids is 1. The van der Waals surface area contributed by atoms with Crippen LogP contribution in [0.3, 0.4) is 0 Å². The minimum atomic E-state index is -0.279. The maximum Gasteiger partial charge on any atom is 0.348 e. The van der Waals surface area contributed by atoms with E-state index < -0.39 is 0 Å². The van der Waals surface area contributed by atoms with Gasteiger partial charge in [0.05, 0.1) is 11.3 Å². The van der Waals surface area contributed by atoms with E-state index in [0.29, 0.717) is 4.88 Å². The molecular formula is C14H13BrO2S2. The second kappa shape index (κ2) is 6.11. The fourth-order valence-electron chi connectivity index (χ4n) is 1.81. The van der Waals surface area contributed by atoms with E-state index >= 15 is 0 Å². The van der Waals surface area contributed by atoms with Gasteiger partial charge in [-0.05, 0) is 36.4 Å². The lowest BCUT2D eigenvalue weighted by atomic mass is 10.0. The number of thiophene rings is 1. The molecule has 19 heavy (non-hydrogen) atoms. The molecule has 2 nitrogen and oxygen atoms in total. The standard InChI is InChI=1S/C14H13BrO2S2/c1-8-9(5-4-6-11(8)15)10-7-12(13(16)17-2)19-14(10)18-3/h4-7H,1-3H3. The van der Waals surface area contributed by atoms with E-state index in [1.54, 1.807) is 11.8 Å². The molecule has 0 aliphatic heterocycles. The van der Waals surface area contributed by atoms with Crippen LogP contribution in [-0.4, -0.2) is 19.3 Å². The van der Waals surface area contributed by atoms with Gasteiger partial charge in [-0.15, -0.1) is 23.1 Å². The Morgan fingerprint density at radius 2 is 2.11 bits per heavy atom. The zero-order chi connectivity index (χ0) is 14.0. The molecule has 0 bridgehead atoms. The zero-order valence-electron chi connectivity index (χ0n) is 10.8. The van der Waals surface area contributed by atoms with Crippen molar-refractivity contribution >= 4 is 45.0 Å². The highest BCUT2D eigenvalue weighted by Gasteiger charge is 2.17. The van der Waals surface area contributed by atoms with Crippen molar-refractivity contribution in [1.29, 1.82) is 0 Å². The number of halogens is 1. The highest BCUT2D eigenvalue weighted by atomic mass is 79.9. The summed E-state index contributed by atoms with van der Waals surface area (Å²) in [5.74, 6) is -0.279. The van der Waals surface area contributed by atoms with Crippen molar-refractivity contribution in [2.75, 3.05) is 13.4 Å². The van der Waals surface area contributed by atoms with E-state index in [1.807, 2.05) is 24.5 Å². The van der Waals surface area contributed by atoms with Crippen LogP contribution in [0.25, 0.3) is 11.1 Å². The molecule has 2 rings (SSSR count). The van der Waals surface area contributed by atoms with Crippen LogP contribution in [0.2, 0.25) is 0 Å². The molecule has 0 fully saturated rings.